The molecule has 51 heavy (non-hydrogen) atoms. The van der Waals surface area contributed by atoms with Gasteiger partial charge in [-0.25, -0.2) is 0 Å². The van der Waals surface area contributed by atoms with Gasteiger partial charge in [0, 0.05) is 10.8 Å². The Bertz CT molecular complexity index is 3880. The Hall–Kier alpha value is -6.44. The van der Waals surface area contributed by atoms with E-state index in [9.17, 15) is 13.7 Å². The summed E-state index contributed by atoms with van der Waals surface area (Å²) in [4.78, 5) is 0. The largest absolute Gasteiger partial charge is 0.456 e. The van der Waals surface area contributed by atoms with E-state index in [-0.39, 0.29) is 60.1 Å². The highest BCUT2D eigenvalue weighted by Gasteiger charge is 2.15. The van der Waals surface area contributed by atoms with Gasteiger partial charge in [0.15, 0.2) is 0 Å². The highest BCUT2D eigenvalue weighted by Crippen LogP contribution is 2.38. The zero-order valence-electron chi connectivity index (χ0n) is 45.7. The van der Waals surface area contributed by atoms with Crippen LogP contribution in [0.25, 0.3) is 76.5 Å². The molecule has 0 aliphatic rings. The Kier molecular flexibility index (Phi) is 3.83. The molecule has 0 aliphatic carbocycles. The van der Waals surface area contributed by atoms with Crippen molar-refractivity contribution in [1.29, 1.82) is 0 Å². The second-order valence-electron chi connectivity index (χ2n) is 12.2. The minimum atomic E-state index is -0.749. The average Bonchev–Trinajstić information content (AvgIpc) is 3.72. The van der Waals surface area contributed by atoms with Crippen LogP contribution in [0.3, 0.4) is 0 Å². The summed E-state index contributed by atoms with van der Waals surface area (Å²) in [6.45, 7) is 0. The predicted molar refractivity (Wildman–Crippen MR) is 216 cm³/mol. The van der Waals surface area contributed by atoms with Gasteiger partial charge in [-0.2, -0.15) is 0 Å². The van der Waals surface area contributed by atoms with Crippen LogP contribution in [0.1, 0.15) is 48.3 Å². The van der Waals surface area contributed by atoms with Gasteiger partial charge < -0.3 is 4.42 Å². The molecule has 240 valence electrons. The maximum Gasteiger partial charge on any atom is 0.135 e. The second kappa shape index (κ2) is 12.2. The monoisotopic (exact) mass is 669 g/mol. The Morgan fingerprint density at radius 1 is 0.392 bits per heavy atom. The van der Waals surface area contributed by atoms with Gasteiger partial charge in [0.25, 0.3) is 0 Å². The molecule has 10 aromatic rings. The molecule has 1 nitrogen and oxygen atoms in total. The van der Waals surface area contributed by atoms with Crippen molar-refractivity contribution in [3.8, 4) is 22.3 Å². The summed E-state index contributed by atoms with van der Waals surface area (Å²) in [6.07, 6.45) is -1.32. The lowest BCUT2D eigenvalue weighted by Crippen LogP contribution is -1.98. The SMILES string of the molecule is [2H]c1c([2H])c([2H])c(Cc2c3c([2H])c([2H])c([2H])c([2H])c3c(Cc3c([2H])c([2H])c4c([2H])c(-c5ccc6oc7ccc(-c8ccccc8)cc7c6c5)c([2H])c([2H])c4c3[2H])c3c([2H])c([2H])c([2H])c([2H])c23)c([2H])c1[2H]. The van der Waals surface area contributed by atoms with Crippen LogP contribution in [-0.2, 0) is 12.8 Å². The van der Waals surface area contributed by atoms with Crippen molar-refractivity contribution < 1.29 is 30.5 Å². The summed E-state index contributed by atoms with van der Waals surface area (Å²) in [5.74, 6) is 0. The Morgan fingerprint density at radius 2 is 0.922 bits per heavy atom. The van der Waals surface area contributed by atoms with E-state index in [2.05, 4.69) is 0 Å². The van der Waals surface area contributed by atoms with Gasteiger partial charge in [-0.15, -0.1) is 0 Å². The topological polar surface area (TPSA) is 13.1 Å². The Labute approximate surface area is 323 Å². The third kappa shape index (κ3) is 5.26. The summed E-state index contributed by atoms with van der Waals surface area (Å²) in [5.41, 5.74) is 2.31. The summed E-state index contributed by atoms with van der Waals surface area (Å²) in [6, 6.07) is 8.27. The van der Waals surface area contributed by atoms with Gasteiger partial charge >= 0.3 is 0 Å². The summed E-state index contributed by atoms with van der Waals surface area (Å²) >= 11 is 0. The zero-order chi connectivity index (χ0) is 50.3. The van der Waals surface area contributed by atoms with Crippen molar-refractivity contribution in [2.45, 2.75) is 12.8 Å². The van der Waals surface area contributed by atoms with Gasteiger partial charge in [0.1, 0.15) is 11.2 Å². The molecule has 0 saturated carbocycles. The molecule has 0 amide bonds. The number of hydrogen-bond donors (Lipinski definition) is 0. The van der Waals surface area contributed by atoms with Crippen LogP contribution in [0.5, 0.6) is 0 Å². The van der Waals surface area contributed by atoms with E-state index < -0.39 is 128 Å². The van der Waals surface area contributed by atoms with E-state index in [1.807, 2.05) is 48.5 Å². The van der Waals surface area contributed by atoms with Crippen LogP contribution >= 0.6 is 0 Å². The normalized spacial score (nSPS) is 16.9. The van der Waals surface area contributed by atoms with Gasteiger partial charge in [0.05, 0.1) is 26.0 Å². The molecule has 9 aromatic carbocycles. The molecule has 1 aromatic heterocycles. The van der Waals surface area contributed by atoms with Crippen LogP contribution in [-0.4, -0.2) is 0 Å². The fourth-order valence-electron chi connectivity index (χ4n) is 6.74. The van der Waals surface area contributed by atoms with Gasteiger partial charge in [-0.3, -0.25) is 0 Å². The molecular weight excluding hydrogens is 617 g/mol. The molecule has 1 heteroatoms. The molecule has 0 spiro atoms. The molecule has 0 saturated heterocycles. The second-order valence-corrected chi connectivity index (χ2v) is 12.2. The van der Waals surface area contributed by atoms with Crippen LogP contribution in [0.2, 0.25) is 0 Å². The highest BCUT2D eigenvalue weighted by atomic mass is 16.3. The van der Waals surface area contributed by atoms with Crippen LogP contribution in [0.4, 0.5) is 0 Å². The molecule has 0 radical (unpaired) electrons. The molecule has 0 aliphatic heterocycles. The summed E-state index contributed by atoms with van der Waals surface area (Å²) in [5, 5.41) is -0.403. The lowest BCUT2D eigenvalue weighted by molar-refractivity contribution is 0.669. The van der Waals surface area contributed by atoms with E-state index in [4.69, 9.17) is 16.8 Å². The molecule has 10 rings (SSSR count). The Morgan fingerprint density at radius 3 is 1.55 bits per heavy atom. The fraction of sp³-hybridized carbons (Fsp3) is 0.0400. The first-order valence-corrected chi connectivity index (χ1v) is 16.2. The first-order valence-electron chi connectivity index (χ1n) is 25.7. The Balaban J connectivity index is 1.23. The zero-order valence-corrected chi connectivity index (χ0v) is 26.7. The predicted octanol–water partition coefficient (Wildman–Crippen LogP) is 13.6. The fourth-order valence-corrected chi connectivity index (χ4v) is 6.74. The van der Waals surface area contributed by atoms with E-state index in [1.165, 1.54) is 0 Å². The van der Waals surface area contributed by atoms with E-state index in [0.29, 0.717) is 22.1 Å². The van der Waals surface area contributed by atoms with E-state index >= 15 is 0 Å². The summed E-state index contributed by atoms with van der Waals surface area (Å²) in [7, 11) is 0. The van der Waals surface area contributed by atoms with E-state index in [1.54, 1.807) is 18.2 Å². The van der Waals surface area contributed by atoms with Crippen LogP contribution in [0, 0.1) is 0 Å². The number of rotatable bonds is 6. The molecule has 0 fully saturated rings. The number of benzene rings is 9. The van der Waals surface area contributed by atoms with Crippen LogP contribution in [0.15, 0.2) is 186 Å². The van der Waals surface area contributed by atoms with Crippen molar-refractivity contribution in [2.75, 3.05) is 0 Å². The maximum atomic E-state index is 9.56. The molecule has 0 N–H and O–H groups in total. The highest BCUT2D eigenvalue weighted by molar-refractivity contribution is 6.08. The molecular formula is C50H34O. The number of hydrogen-bond acceptors (Lipinski definition) is 1. The van der Waals surface area contributed by atoms with Crippen molar-refractivity contribution in [3.63, 3.8) is 0 Å². The van der Waals surface area contributed by atoms with Crippen molar-refractivity contribution in [2.24, 2.45) is 0 Å². The lowest BCUT2D eigenvalue weighted by atomic mass is 9.86. The first kappa shape index (κ1) is 16.1. The molecule has 0 atom stereocenters. The van der Waals surface area contributed by atoms with Gasteiger partial charge in [-0.1, -0.05) is 151 Å². The maximum absolute atomic E-state index is 9.56. The van der Waals surface area contributed by atoms with Gasteiger partial charge in [-0.05, 0) is 120 Å². The smallest absolute Gasteiger partial charge is 0.135 e. The first-order chi connectivity index (χ1) is 33.2. The average molecular weight is 670 g/mol. The lowest BCUT2D eigenvalue weighted by Gasteiger charge is -2.17. The number of furan rings is 1. The summed E-state index contributed by atoms with van der Waals surface area (Å²) < 4.78 is 176. The van der Waals surface area contributed by atoms with Crippen molar-refractivity contribution >= 4 is 54.3 Å². The molecule has 1 heterocycles. The van der Waals surface area contributed by atoms with Crippen LogP contribution < -0.4 is 0 Å². The van der Waals surface area contributed by atoms with E-state index in [0.717, 1.165) is 16.5 Å². The molecule has 0 bridgehead atoms. The minimum Gasteiger partial charge on any atom is -0.456 e. The standard InChI is InChI=1S/C50H34O/c1-3-11-33(12-4-1)28-45-41-15-7-9-17-43(41)46(44-18-10-8-16-42(44)45)29-34-19-20-37-30-38(22-21-36(37)27-34)40-24-26-50-48(32-40)47-31-39(23-25-49(47)51-50)35-13-5-2-6-14-35/h1-27,30-32H,28-29H2/i1D,3D,4D,7D,8D,9D,10D,11D,12D,15D,16D,17D,18D,19D,20D,21D,22D,27D,30D. The third-order valence-electron chi connectivity index (χ3n) is 9.13. The van der Waals surface area contributed by atoms with Crippen molar-refractivity contribution in [3.05, 3.63) is 204 Å². The third-order valence-corrected chi connectivity index (χ3v) is 9.13. The molecule has 0 unspecified atom stereocenters. The van der Waals surface area contributed by atoms with Gasteiger partial charge in [0.2, 0.25) is 0 Å². The quantitative estimate of drug-likeness (QED) is 0.161. The van der Waals surface area contributed by atoms with Crippen molar-refractivity contribution in [1.82, 2.24) is 0 Å². The number of fused-ring (bicyclic) bond motifs is 6. The minimum absolute atomic E-state index is 0.0355.